The number of nitrogens with one attached hydrogen (secondary N) is 1. The van der Waals surface area contributed by atoms with Gasteiger partial charge in [0.15, 0.2) is 17.5 Å². The number of anilines is 1. The number of hydrogen-bond donors (Lipinski definition) is 2. The van der Waals surface area contributed by atoms with Crippen LogP contribution in [0.5, 0.6) is 11.5 Å². The Bertz CT molecular complexity index is 573. The predicted molar refractivity (Wildman–Crippen MR) is 109 cm³/mol. The Morgan fingerprint density at radius 2 is 1.96 bits per heavy atom. The molecular formula is C18H28IN3O2. The lowest BCUT2D eigenvalue weighted by atomic mass is 9.66. The van der Waals surface area contributed by atoms with Crippen molar-refractivity contribution in [3.05, 3.63) is 18.2 Å². The summed E-state index contributed by atoms with van der Waals surface area (Å²) >= 11 is 0. The summed E-state index contributed by atoms with van der Waals surface area (Å²) in [4.78, 5) is 4.57. The third kappa shape index (κ3) is 4.68. The molecule has 0 atom stereocenters. The van der Waals surface area contributed by atoms with Crippen molar-refractivity contribution in [2.45, 2.75) is 45.4 Å². The standard InChI is InChI=1S/C18H27N3O2.HI/c1-2-7-18(8-3-9-18)13-20-17(19)21-14-5-6-15-16(12-14)23-11-4-10-22-15;/h5-6,12H,2-4,7-11,13H2,1H3,(H3,19,20,21);1H. The largest absolute Gasteiger partial charge is 0.490 e. The molecule has 1 aliphatic carbocycles. The summed E-state index contributed by atoms with van der Waals surface area (Å²) < 4.78 is 11.3. The van der Waals surface area contributed by atoms with Crippen LogP contribution in [0.2, 0.25) is 0 Å². The van der Waals surface area contributed by atoms with Gasteiger partial charge in [-0.25, -0.2) is 0 Å². The zero-order valence-electron chi connectivity index (χ0n) is 14.3. The smallest absolute Gasteiger partial charge is 0.193 e. The van der Waals surface area contributed by atoms with Gasteiger partial charge < -0.3 is 20.5 Å². The topological polar surface area (TPSA) is 68.9 Å². The molecule has 1 aliphatic heterocycles. The third-order valence-electron chi connectivity index (χ3n) is 4.80. The number of fused-ring (bicyclic) bond motifs is 1. The first kappa shape index (κ1) is 19.1. The van der Waals surface area contributed by atoms with Gasteiger partial charge in [-0.1, -0.05) is 19.8 Å². The van der Waals surface area contributed by atoms with E-state index in [1.807, 2.05) is 18.2 Å². The first-order valence-corrected chi connectivity index (χ1v) is 8.67. The van der Waals surface area contributed by atoms with Crippen molar-refractivity contribution in [3.8, 4) is 11.5 Å². The second kappa shape index (κ2) is 8.78. The summed E-state index contributed by atoms with van der Waals surface area (Å²) in [6.45, 7) is 4.44. The van der Waals surface area contributed by atoms with Crippen LogP contribution in [0.25, 0.3) is 0 Å². The molecule has 2 aliphatic rings. The summed E-state index contributed by atoms with van der Waals surface area (Å²) in [7, 11) is 0. The summed E-state index contributed by atoms with van der Waals surface area (Å²) in [6, 6.07) is 5.79. The van der Waals surface area contributed by atoms with Crippen molar-refractivity contribution < 1.29 is 9.47 Å². The van der Waals surface area contributed by atoms with Crippen molar-refractivity contribution in [3.63, 3.8) is 0 Å². The highest BCUT2D eigenvalue weighted by Gasteiger charge is 2.35. The van der Waals surface area contributed by atoms with Crippen molar-refractivity contribution in [2.75, 3.05) is 25.1 Å². The molecule has 0 radical (unpaired) electrons. The van der Waals surface area contributed by atoms with Gasteiger partial charge in [0.05, 0.1) is 13.2 Å². The molecule has 5 nitrogen and oxygen atoms in total. The molecule has 3 rings (SSSR count). The summed E-state index contributed by atoms with van der Waals surface area (Å²) in [5.74, 6) is 2.03. The lowest BCUT2D eigenvalue weighted by Gasteiger charge is -2.40. The average Bonchev–Trinajstić information content (AvgIpc) is 2.74. The van der Waals surface area contributed by atoms with Crippen LogP contribution in [-0.2, 0) is 0 Å². The minimum atomic E-state index is 0. The van der Waals surface area contributed by atoms with Gasteiger partial charge in [-0.15, -0.1) is 24.0 Å². The highest BCUT2D eigenvalue weighted by molar-refractivity contribution is 14.0. The van der Waals surface area contributed by atoms with Gasteiger partial charge in [-0.2, -0.15) is 0 Å². The zero-order valence-corrected chi connectivity index (χ0v) is 16.7. The zero-order chi connectivity index (χ0) is 16.1. The van der Waals surface area contributed by atoms with E-state index >= 15 is 0 Å². The Kier molecular flexibility index (Phi) is 7.01. The lowest BCUT2D eigenvalue weighted by Crippen LogP contribution is -2.34. The number of benzene rings is 1. The molecule has 0 unspecified atom stereocenters. The van der Waals surface area contributed by atoms with E-state index in [1.54, 1.807) is 0 Å². The third-order valence-corrected chi connectivity index (χ3v) is 4.80. The number of aliphatic imine (C=N–C) groups is 1. The molecule has 0 aromatic heterocycles. The molecule has 6 heteroatoms. The molecule has 134 valence electrons. The molecule has 1 fully saturated rings. The Morgan fingerprint density at radius 3 is 2.62 bits per heavy atom. The molecule has 1 heterocycles. The molecule has 1 saturated carbocycles. The van der Waals surface area contributed by atoms with Gasteiger partial charge in [0.2, 0.25) is 0 Å². The molecule has 24 heavy (non-hydrogen) atoms. The van der Waals surface area contributed by atoms with Gasteiger partial charge in [0, 0.05) is 24.7 Å². The fraction of sp³-hybridized carbons (Fsp3) is 0.611. The highest BCUT2D eigenvalue weighted by Crippen LogP contribution is 2.45. The number of hydrogen-bond acceptors (Lipinski definition) is 3. The number of guanidine groups is 1. The van der Waals surface area contributed by atoms with E-state index in [0.29, 0.717) is 24.6 Å². The number of nitrogens with zero attached hydrogens (tertiary/aromatic N) is 1. The fourth-order valence-corrected chi connectivity index (χ4v) is 3.38. The minimum Gasteiger partial charge on any atom is -0.490 e. The molecule has 0 amide bonds. The van der Waals surface area contributed by atoms with Crippen LogP contribution < -0.4 is 20.5 Å². The summed E-state index contributed by atoms with van der Waals surface area (Å²) in [5, 5.41) is 3.17. The van der Waals surface area contributed by atoms with Crippen molar-refractivity contribution in [1.82, 2.24) is 0 Å². The van der Waals surface area contributed by atoms with Gasteiger partial charge >= 0.3 is 0 Å². The van der Waals surface area contributed by atoms with Crippen LogP contribution in [0.15, 0.2) is 23.2 Å². The molecule has 1 aromatic carbocycles. The minimum absolute atomic E-state index is 0. The van der Waals surface area contributed by atoms with E-state index in [1.165, 1.54) is 32.1 Å². The van der Waals surface area contributed by atoms with E-state index < -0.39 is 0 Å². The number of ether oxygens (including phenoxy) is 2. The molecule has 1 aromatic rings. The van der Waals surface area contributed by atoms with Crippen molar-refractivity contribution in [2.24, 2.45) is 16.1 Å². The van der Waals surface area contributed by atoms with Crippen LogP contribution in [0.3, 0.4) is 0 Å². The second-order valence-electron chi connectivity index (χ2n) is 6.64. The Hall–Kier alpha value is -1.18. The molecule has 3 N–H and O–H groups in total. The van der Waals surface area contributed by atoms with Crippen LogP contribution in [-0.4, -0.2) is 25.7 Å². The quantitative estimate of drug-likeness (QED) is 0.406. The van der Waals surface area contributed by atoms with Crippen molar-refractivity contribution >= 4 is 35.6 Å². The number of rotatable bonds is 5. The normalized spacial score (nSPS) is 18.8. The van der Waals surface area contributed by atoms with E-state index in [9.17, 15) is 0 Å². The van der Waals surface area contributed by atoms with E-state index in [-0.39, 0.29) is 24.0 Å². The van der Waals surface area contributed by atoms with Crippen LogP contribution in [0, 0.1) is 5.41 Å². The maximum atomic E-state index is 6.06. The highest BCUT2D eigenvalue weighted by atomic mass is 127. The Balaban J connectivity index is 0.00000208. The van der Waals surface area contributed by atoms with Gasteiger partial charge in [-0.05, 0) is 36.8 Å². The average molecular weight is 445 g/mol. The molecule has 0 saturated heterocycles. The first-order chi connectivity index (χ1) is 11.2. The Morgan fingerprint density at radius 1 is 1.21 bits per heavy atom. The Labute approximate surface area is 161 Å². The van der Waals surface area contributed by atoms with Gasteiger partial charge in [0.1, 0.15) is 0 Å². The maximum absolute atomic E-state index is 6.06. The van der Waals surface area contributed by atoms with Crippen LogP contribution >= 0.6 is 24.0 Å². The van der Waals surface area contributed by atoms with Crippen LogP contribution in [0.4, 0.5) is 5.69 Å². The maximum Gasteiger partial charge on any atom is 0.193 e. The van der Waals surface area contributed by atoms with E-state index in [2.05, 4.69) is 17.2 Å². The van der Waals surface area contributed by atoms with E-state index in [4.69, 9.17) is 15.2 Å². The molecule has 0 spiro atoms. The monoisotopic (exact) mass is 445 g/mol. The van der Waals surface area contributed by atoms with Crippen LogP contribution in [0.1, 0.15) is 45.4 Å². The molecular weight excluding hydrogens is 417 g/mol. The SMILES string of the molecule is CCCC1(CN=C(N)Nc2ccc3c(c2)OCCCO3)CCC1.I. The first-order valence-electron chi connectivity index (χ1n) is 8.67. The van der Waals surface area contributed by atoms with Gasteiger partial charge in [-0.3, -0.25) is 4.99 Å². The van der Waals surface area contributed by atoms with E-state index in [0.717, 1.165) is 30.2 Å². The number of nitrogens with two attached hydrogens (primary N) is 1. The molecule has 0 bridgehead atoms. The fourth-order valence-electron chi connectivity index (χ4n) is 3.38. The lowest BCUT2D eigenvalue weighted by molar-refractivity contribution is 0.130. The summed E-state index contributed by atoms with van der Waals surface area (Å²) in [6.07, 6.45) is 7.24. The van der Waals surface area contributed by atoms with Gasteiger partial charge in [0.25, 0.3) is 0 Å². The second-order valence-corrected chi connectivity index (χ2v) is 6.64. The van der Waals surface area contributed by atoms with Crippen molar-refractivity contribution in [1.29, 1.82) is 0 Å². The summed E-state index contributed by atoms with van der Waals surface area (Å²) in [5.41, 5.74) is 7.34. The predicted octanol–water partition coefficient (Wildman–Crippen LogP) is 4.16. The number of halogens is 1.